The van der Waals surface area contributed by atoms with Crippen molar-refractivity contribution in [2.45, 2.75) is 6.10 Å². The molecule has 0 aliphatic heterocycles. The topological polar surface area (TPSA) is 66.8 Å². The van der Waals surface area contributed by atoms with E-state index < -0.39 is 12.1 Å². The molecular weight excluding hydrogens is 330 g/mol. The van der Waals surface area contributed by atoms with Crippen molar-refractivity contribution < 1.29 is 19.4 Å². The summed E-state index contributed by atoms with van der Waals surface area (Å²) in [6, 6.07) is 19.2. The van der Waals surface area contributed by atoms with Gasteiger partial charge in [-0.1, -0.05) is 60.7 Å². The van der Waals surface area contributed by atoms with Crippen molar-refractivity contribution in [3.63, 3.8) is 0 Å². The Bertz CT molecular complexity index is 951. The highest BCUT2D eigenvalue weighted by Crippen LogP contribution is 2.30. The second-order valence-electron chi connectivity index (χ2n) is 6.11. The van der Waals surface area contributed by atoms with Crippen LogP contribution < -0.4 is 0 Å². The number of fused-ring (bicyclic) bond motifs is 1. The molecule has 1 atom stereocenters. The van der Waals surface area contributed by atoms with Crippen LogP contribution in [0.4, 0.5) is 0 Å². The number of aromatic hydroxyl groups is 1. The molecule has 1 amide bonds. The molecule has 3 rings (SSSR count). The van der Waals surface area contributed by atoms with E-state index >= 15 is 0 Å². The molecule has 0 aliphatic rings. The number of carbonyl (C=O) groups is 2. The van der Waals surface area contributed by atoms with Crippen LogP contribution in [0.5, 0.6) is 5.75 Å². The van der Waals surface area contributed by atoms with E-state index in [9.17, 15) is 14.7 Å². The molecule has 5 nitrogen and oxygen atoms in total. The predicted octanol–water partition coefficient (Wildman–Crippen LogP) is 3.53. The number of carbonyl (C=O) groups excluding carboxylic acids is 2. The van der Waals surface area contributed by atoms with Gasteiger partial charge >= 0.3 is 5.97 Å². The predicted molar refractivity (Wildman–Crippen MR) is 98.9 cm³/mol. The summed E-state index contributed by atoms with van der Waals surface area (Å²) in [6.45, 7) is 0. The number of phenols is 1. The van der Waals surface area contributed by atoms with Gasteiger partial charge in [0.1, 0.15) is 11.3 Å². The third-order valence-electron chi connectivity index (χ3n) is 4.11. The summed E-state index contributed by atoms with van der Waals surface area (Å²) in [5.74, 6) is -1.26. The minimum atomic E-state index is -1.08. The summed E-state index contributed by atoms with van der Waals surface area (Å²) in [6.07, 6.45) is -1.08. The number of benzene rings is 3. The van der Waals surface area contributed by atoms with Crippen molar-refractivity contribution >= 4 is 22.6 Å². The third kappa shape index (κ3) is 3.37. The van der Waals surface area contributed by atoms with E-state index in [-0.39, 0.29) is 17.2 Å². The summed E-state index contributed by atoms with van der Waals surface area (Å²) in [5.41, 5.74) is 0.594. The normalized spacial score (nSPS) is 11.8. The first-order valence-corrected chi connectivity index (χ1v) is 8.17. The van der Waals surface area contributed by atoms with Gasteiger partial charge < -0.3 is 14.7 Å². The zero-order chi connectivity index (χ0) is 18.7. The van der Waals surface area contributed by atoms with Gasteiger partial charge in [0.25, 0.3) is 5.91 Å². The SMILES string of the molecule is CN(C)C(=O)[C@@H](OC(=O)c1ccc2ccccc2c1O)c1ccccc1. The summed E-state index contributed by atoms with van der Waals surface area (Å²) in [7, 11) is 3.19. The van der Waals surface area contributed by atoms with Crippen molar-refractivity contribution in [2.75, 3.05) is 14.1 Å². The van der Waals surface area contributed by atoms with Crippen LogP contribution in [0.15, 0.2) is 66.7 Å². The second kappa shape index (κ2) is 7.27. The average Bonchev–Trinajstić information content (AvgIpc) is 2.66. The molecular formula is C21H19NO4. The smallest absolute Gasteiger partial charge is 0.343 e. The van der Waals surface area contributed by atoms with Crippen molar-refractivity contribution in [3.05, 3.63) is 77.9 Å². The average molecular weight is 349 g/mol. The van der Waals surface area contributed by atoms with Crippen molar-refractivity contribution in [2.24, 2.45) is 0 Å². The molecule has 0 unspecified atom stereocenters. The van der Waals surface area contributed by atoms with Crippen molar-refractivity contribution in [1.82, 2.24) is 4.90 Å². The van der Waals surface area contributed by atoms with Crippen LogP contribution >= 0.6 is 0 Å². The Hall–Kier alpha value is -3.34. The Kier molecular flexibility index (Phi) is 4.89. The molecule has 0 bridgehead atoms. The van der Waals surface area contributed by atoms with Crippen molar-refractivity contribution in [1.29, 1.82) is 0 Å². The maximum Gasteiger partial charge on any atom is 0.343 e. The minimum Gasteiger partial charge on any atom is -0.506 e. The van der Waals surface area contributed by atoms with Gasteiger partial charge in [-0.05, 0) is 11.5 Å². The number of nitrogens with zero attached hydrogens (tertiary/aromatic N) is 1. The molecule has 3 aromatic rings. The van der Waals surface area contributed by atoms with Gasteiger partial charge in [0, 0.05) is 25.0 Å². The summed E-state index contributed by atoms with van der Waals surface area (Å²) < 4.78 is 5.49. The number of hydrogen-bond acceptors (Lipinski definition) is 4. The first-order valence-electron chi connectivity index (χ1n) is 8.17. The highest BCUT2D eigenvalue weighted by Gasteiger charge is 2.28. The lowest BCUT2D eigenvalue weighted by Gasteiger charge is -2.21. The Morgan fingerprint density at radius 2 is 1.58 bits per heavy atom. The lowest BCUT2D eigenvalue weighted by molar-refractivity contribution is -0.138. The van der Waals surface area contributed by atoms with E-state index in [1.165, 1.54) is 11.0 Å². The van der Waals surface area contributed by atoms with E-state index in [0.717, 1.165) is 5.39 Å². The first kappa shape index (κ1) is 17.5. The fourth-order valence-electron chi connectivity index (χ4n) is 2.71. The lowest BCUT2D eigenvalue weighted by atomic mass is 10.0. The Labute approximate surface area is 151 Å². The monoisotopic (exact) mass is 349 g/mol. The van der Waals surface area contributed by atoms with Crippen LogP contribution in [0.1, 0.15) is 22.0 Å². The minimum absolute atomic E-state index is 0.0242. The third-order valence-corrected chi connectivity index (χ3v) is 4.11. The largest absolute Gasteiger partial charge is 0.506 e. The molecule has 0 radical (unpaired) electrons. The number of hydrogen-bond donors (Lipinski definition) is 1. The summed E-state index contributed by atoms with van der Waals surface area (Å²) >= 11 is 0. The summed E-state index contributed by atoms with van der Waals surface area (Å²) in [4.78, 5) is 26.5. The number of phenolic OH excluding ortho intramolecular Hbond substituents is 1. The number of esters is 1. The molecule has 3 aromatic carbocycles. The maximum absolute atomic E-state index is 12.7. The Morgan fingerprint density at radius 3 is 2.27 bits per heavy atom. The Morgan fingerprint density at radius 1 is 0.923 bits per heavy atom. The second-order valence-corrected chi connectivity index (χ2v) is 6.11. The van der Waals surface area contributed by atoms with Gasteiger partial charge in [-0.25, -0.2) is 4.79 Å². The van der Waals surface area contributed by atoms with Gasteiger partial charge in [0.05, 0.1) is 0 Å². The molecule has 0 aromatic heterocycles. The molecule has 0 spiro atoms. The highest BCUT2D eigenvalue weighted by molar-refractivity contribution is 6.02. The zero-order valence-corrected chi connectivity index (χ0v) is 14.5. The number of amides is 1. The number of likely N-dealkylation sites (N-methyl/N-ethyl adjacent to an activating group) is 1. The van der Waals surface area contributed by atoms with Gasteiger partial charge in [0.2, 0.25) is 6.10 Å². The molecule has 1 N–H and O–H groups in total. The first-order chi connectivity index (χ1) is 12.5. The molecule has 26 heavy (non-hydrogen) atoms. The molecule has 0 saturated carbocycles. The number of ether oxygens (including phenoxy) is 1. The fourth-order valence-corrected chi connectivity index (χ4v) is 2.71. The van der Waals surface area contributed by atoms with E-state index in [2.05, 4.69) is 0 Å². The van der Waals surface area contributed by atoms with Crippen LogP contribution in [0, 0.1) is 0 Å². The van der Waals surface area contributed by atoms with Crippen LogP contribution in [0.25, 0.3) is 10.8 Å². The maximum atomic E-state index is 12.7. The Balaban J connectivity index is 1.96. The highest BCUT2D eigenvalue weighted by atomic mass is 16.5. The zero-order valence-electron chi connectivity index (χ0n) is 14.5. The van der Waals surface area contributed by atoms with Gasteiger partial charge in [-0.3, -0.25) is 4.79 Å². The molecule has 0 aliphatic carbocycles. The molecule has 0 saturated heterocycles. The van der Waals surface area contributed by atoms with E-state index in [1.54, 1.807) is 56.6 Å². The molecule has 0 heterocycles. The van der Waals surface area contributed by atoms with E-state index in [4.69, 9.17) is 4.74 Å². The molecule has 0 fully saturated rings. The van der Waals surface area contributed by atoms with Crippen LogP contribution in [-0.4, -0.2) is 36.0 Å². The van der Waals surface area contributed by atoms with Crippen LogP contribution in [0.2, 0.25) is 0 Å². The molecule has 5 heteroatoms. The van der Waals surface area contributed by atoms with E-state index in [1.807, 2.05) is 18.2 Å². The lowest BCUT2D eigenvalue weighted by Crippen LogP contribution is -2.31. The number of rotatable bonds is 4. The fraction of sp³-hybridized carbons (Fsp3) is 0.143. The van der Waals surface area contributed by atoms with Crippen LogP contribution in [0.3, 0.4) is 0 Å². The van der Waals surface area contributed by atoms with Crippen LogP contribution in [-0.2, 0) is 9.53 Å². The van der Waals surface area contributed by atoms with Crippen molar-refractivity contribution in [3.8, 4) is 5.75 Å². The summed E-state index contributed by atoms with van der Waals surface area (Å²) in [5, 5.41) is 11.8. The molecule has 132 valence electrons. The van der Waals surface area contributed by atoms with Gasteiger partial charge in [0.15, 0.2) is 0 Å². The quantitative estimate of drug-likeness (QED) is 0.732. The van der Waals surface area contributed by atoms with Gasteiger partial charge in [-0.2, -0.15) is 0 Å². The van der Waals surface area contributed by atoms with Gasteiger partial charge in [-0.15, -0.1) is 0 Å². The van der Waals surface area contributed by atoms with E-state index in [0.29, 0.717) is 10.9 Å². The standard InChI is InChI=1S/C21H19NO4/c1-22(2)20(24)19(15-9-4-3-5-10-15)26-21(25)17-13-12-14-8-6-7-11-16(14)18(17)23/h3-13,19,23H,1-2H3/t19-/m0/s1.